The highest BCUT2D eigenvalue weighted by atomic mass is 35.5. The third kappa shape index (κ3) is 3.83. The van der Waals surface area contributed by atoms with Gasteiger partial charge in [-0.05, 0) is 55.0 Å². The molecule has 9 nitrogen and oxygen atoms in total. The Bertz CT molecular complexity index is 1570. The van der Waals surface area contributed by atoms with Gasteiger partial charge in [0.05, 0.1) is 12.8 Å². The normalized spacial score (nSPS) is 11.2. The fraction of sp³-hybridized carbons (Fsp3) is 0.130. The summed E-state index contributed by atoms with van der Waals surface area (Å²) in [5.41, 5.74) is 3.70. The van der Waals surface area contributed by atoms with Crippen LogP contribution >= 0.6 is 11.6 Å². The number of halogens is 1. The van der Waals surface area contributed by atoms with Crippen molar-refractivity contribution in [2.45, 2.75) is 13.5 Å². The van der Waals surface area contributed by atoms with Gasteiger partial charge < -0.3 is 10.1 Å². The second-order valence-corrected chi connectivity index (χ2v) is 7.96. The number of hydrogen-bond donors (Lipinski definition) is 1. The van der Waals surface area contributed by atoms with Crippen LogP contribution in [-0.4, -0.2) is 36.8 Å². The number of amides is 1. The summed E-state index contributed by atoms with van der Waals surface area (Å²) in [6, 6.07) is 14.6. The fourth-order valence-electron chi connectivity index (χ4n) is 3.59. The van der Waals surface area contributed by atoms with Crippen molar-refractivity contribution >= 4 is 34.4 Å². The summed E-state index contributed by atoms with van der Waals surface area (Å²) in [6.07, 6.45) is 3.26. The second kappa shape index (κ2) is 8.10. The van der Waals surface area contributed by atoms with Gasteiger partial charge in [0.25, 0.3) is 0 Å². The lowest BCUT2D eigenvalue weighted by molar-refractivity contribution is -0.117. The van der Waals surface area contributed by atoms with Crippen molar-refractivity contribution < 1.29 is 9.53 Å². The van der Waals surface area contributed by atoms with Crippen molar-refractivity contribution in [2.75, 3.05) is 12.4 Å². The Kier molecular flexibility index (Phi) is 5.10. The minimum atomic E-state index is -0.419. The highest BCUT2D eigenvalue weighted by Crippen LogP contribution is 2.24. The Balaban J connectivity index is 1.48. The maximum atomic E-state index is 12.8. The average Bonchev–Trinajstić information content (AvgIpc) is 3.38. The molecule has 0 bridgehead atoms. The van der Waals surface area contributed by atoms with E-state index in [1.54, 1.807) is 36.2 Å². The summed E-state index contributed by atoms with van der Waals surface area (Å²) < 4.78 is 9.38. The van der Waals surface area contributed by atoms with Crippen LogP contribution < -0.4 is 15.7 Å². The van der Waals surface area contributed by atoms with Crippen LogP contribution in [0.25, 0.3) is 22.4 Å². The van der Waals surface area contributed by atoms with Gasteiger partial charge >= 0.3 is 5.69 Å². The highest BCUT2D eigenvalue weighted by Gasteiger charge is 2.16. The van der Waals surface area contributed by atoms with Gasteiger partial charge in [0.1, 0.15) is 17.8 Å². The van der Waals surface area contributed by atoms with Gasteiger partial charge in [-0.2, -0.15) is 5.10 Å². The lowest BCUT2D eigenvalue weighted by Gasteiger charge is -2.08. The maximum Gasteiger partial charge on any atom is 0.350 e. The molecule has 0 aliphatic rings. The monoisotopic (exact) mass is 462 g/mol. The summed E-state index contributed by atoms with van der Waals surface area (Å²) >= 11 is 6.02. The molecule has 0 aliphatic carbocycles. The van der Waals surface area contributed by atoms with Gasteiger partial charge in [0.15, 0.2) is 5.65 Å². The van der Waals surface area contributed by atoms with Crippen LogP contribution in [0.15, 0.2) is 65.7 Å². The molecule has 5 rings (SSSR count). The molecular weight excluding hydrogens is 444 g/mol. The van der Waals surface area contributed by atoms with Crippen LogP contribution in [0.2, 0.25) is 5.02 Å². The van der Waals surface area contributed by atoms with E-state index in [0.717, 1.165) is 27.3 Å². The van der Waals surface area contributed by atoms with Crippen LogP contribution in [0.3, 0.4) is 0 Å². The van der Waals surface area contributed by atoms with E-state index < -0.39 is 5.69 Å². The molecule has 0 atom stereocenters. The number of hydrogen-bond acceptors (Lipinski definition) is 5. The third-order valence-electron chi connectivity index (χ3n) is 5.35. The van der Waals surface area contributed by atoms with Crippen LogP contribution in [-0.2, 0) is 11.3 Å². The molecule has 166 valence electrons. The van der Waals surface area contributed by atoms with Crippen molar-refractivity contribution in [3.05, 3.63) is 82.0 Å². The first-order valence-electron chi connectivity index (χ1n) is 10.1. The van der Waals surface area contributed by atoms with Gasteiger partial charge in [-0.25, -0.2) is 18.4 Å². The highest BCUT2D eigenvalue weighted by molar-refractivity contribution is 6.31. The number of aromatic nitrogens is 5. The molecule has 0 saturated heterocycles. The first-order chi connectivity index (χ1) is 15.9. The summed E-state index contributed by atoms with van der Waals surface area (Å²) in [5.74, 6) is 0.371. The molecule has 0 unspecified atom stereocenters. The Morgan fingerprint density at radius 1 is 1.09 bits per heavy atom. The molecule has 10 heteroatoms. The number of rotatable bonds is 5. The van der Waals surface area contributed by atoms with Crippen molar-refractivity contribution in [1.82, 2.24) is 23.8 Å². The zero-order valence-corrected chi connectivity index (χ0v) is 18.6. The number of nitrogens with one attached hydrogen (secondary N) is 1. The lowest BCUT2D eigenvalue weighted by Crippen LogP contribution is -2.28. The maximum absolute atomic E-state index is 12.8. The van der Waals surface area contributed by atoms with Gasteiger partial charge in [0, 0.05) is 28.7 Å². The standard InChI is InChI=1S/C23H19ClN6O3/c1-14-3-6-16(24)11-18(14)25-21(31)13-30-23(32)28-9-10-29-20(22(28)27-30)12-19(26-29)15-4-7-17(33-2)8-5-15/h3-12H,13H2,1-2H3,(H,25,31). The molecule has 0 radical (unpaired) electrons. The zero-order chi connectivity index (χ0) is 23.1. The predicted octanol–water partition coefficient (Wildman–Crippen LogP) is 3.42. The van der Waals surface area contributed by atoms with E-state index >= 15 is 0 Å². The third-order valence-corrected chi connectivity index (χ3v) is 5.58. The minimum Gasteiger partial charge on any atom is -0.497 e. The molecule has 3 heterocycles. The molecule has 0 fully saturated rings. The topological polar surface area (TPSA) is 94.9 Å². The Hall–Kier alpha value is -4.11. The largest absolute Gasteiger partial charge is 0.497 e. The van der Waals surface area contributed by atoms with Crippen molar-refractivity contribution in [2.24, 2.45) is 0 Å². The van der Waals surface area contributed by atoms with Crippen LogP contribution in [0.1, 0.15) is 5.56 Å². The average molecular weight is 463 g/mol. The number of ether oxygens (including phenoxy) is 1. The summed E-state index contributed by atoms with van der Waals surface area (Å²) in [4.78, 5) is 25.4. The zero-order valence-electron chi connectivity index (χ0n) is 17.8. The fourth-order valence-corrected chi connectivity index (χ4v) is 3.77. The number of carbonyl (C=O) groups is 1. The smallest absolute Gasteiger partial charge is 0.350 e. The van der Waals surface area contributed by atoms with Crippen LogP contribution in [0.5, 0.6) is 5.75 Å². The summed E-state index contributed by atoms with van der Waals surface area (Å²) in [7, 11) is 1.61. The first kappa shape index (κ1) is 20.8. The molecule has 3 aromatic heterocycles. The number of benzene rings is 2. The number of nitrogens with zero attached hydrogens (tertiary/aromatic N) is 5. The molecule has 1 N–H and O–H groups in total. The van der Waals surface area contributed by atoms with Crippen LogP contribution in [0, 0.1) is 6.92 Å². The predicted molar refractivity (Wildman–Crippen MR) is 125 cm³/mol. The van der Waals surface area contributed by atoms with E-state index in [2.05, 4.69) is 15.5 Å². The molecule has 5 aromatic rings. The summed E-state index contributed by atoms with van der Waals surface area (Å²) in [6.45, 7) is 1.62. The summed E-state index contributed by atoms with van der Waals surface area (Å²) in [5, 5.41) is 12.3. The number of anilines is 1. The first-order valence-corrected chi connectivity index (χ1v) is 10.5. The van der Waals surface area contributed by atoms with Gasteiger partial charge in [-0.1, -0.05) is 17.7 Å². The van der Waals surface area contributed by atoms with Crippen molar-refractivity contribution in [3.63, 3.8) is 0 Å². The molecule has 0 spiro atoms. The molecule has 0 saturated carbocycles. The minimum absolute atomic E-state index is 0.238. The van der Waals surface area contributed by atoms with Crippen molar-refractivity contribution in [3.8, 4) is 17.0 Å². The van der Waals surface area contributed by atoms with E-state index in [0.29, 0.717) is 21.9 Å². The Labute approximate surface area is 192 Å². The van der Waals surface area contributed by atoms with E-state index in [-0.39, 0.29) is 12.5 Å². The van der Waals surface area contributed by atoms with Crippen LogP contribution in [0.4, 0.5) is 5.69 Å². The number of carbonyl (C=O) groups excluding carboxylic acids is 1. The van der Waals surface area contributed by atoms with Gasteiger partial charge in [0.2, 0.25) is 5.91 Å². The number of aryl methyl sites for hydroxylation is 1. The SMILES string of the molecule is COc1ccc(-c2cc3c4nn(CC(=O)Nc5cc(Cl)ccc5C)c(=O)n4ccn3n2)cc1. The molecule has 1 amide bonds. The quantitative estimate of drug-likeness (QED) is 0.432. The van der Waals surface area contributed by atoms with E-state index in [1.807, 2.05) is 43.3 Å². The lowest BCUT2D eigenvalue weighted by atomic mass is 10.1. The molecule has 2 aromatic carbocycles. The molecule has 33 heavy (non-hydrogen) atoms. The van der Waals surface area contributed by atoms with Gasteiger partial charge in [-0.3, -0.25) is 4.79 Å². The van der Waals surface area contributed by atoms with E-state index in [4.69, 9.17) is 16.3 Å². The molecular formula is C23H19ClN6O3. The van der Waals surface area contributed by atoms with Gasteiger partial charge in [-0.15, -0.1) is 5.10 Å². The Morgan fingerprint density at radius 3 is 2.64 bits per heavy atom. The Morgan fingerprint density at radius 2 is 1.88 bits per heavy atom. The molecule has 0 aliphatic heterocycles. The van der Waals surface area contributed by atoms with Crippen molar-refractivity contribution in [1.29, 1.82) is 0 Å². The van der Waals surface area contributed by atoms with E-state index in [1.165, 1.54) is 4.40 Å². The number of fused-ring (bicyclic) bond motifs is 3. The van der Waals surface area contributed by atoms with E-state index in [9.17, 15) is 9.59 Å². The second-order valence-electron chi connectivity index (χ2n) is 7.53. The number of methoxy groups -OCH3 is 1.